The normalized spacial score (nSPS) is 16.0. The summed E-state index contributed by atoms with van der Waals surface area (Å²) in [6.07, 6.45) is -1.49. The van der Waals surface area contributed by atoms with E-state index in [-0.39, 0.29) is 29.9 Å². The second-order valence-corrected chi connectivity index (χ2v) is 9.32. The highest BCUT2D eigenvalue weighted by Gasteiger charge is 2.30. The number of hydrogen-bond donors (Lipinski definition) is 0. The number of nitrogens with zero attached hydrogens (tertiary/aromatic N) is 2. The minimum Gasteiger partial charge on any atom is -0.493 e. The summed E-state index contributed by atoms with van der Waals surface area (Å²) >= 11 is 0. The van der Waals surface area contributed by atoms with Gasteiger partial charge in [-0.15, -0.1) is 0 Å². The van der Waals surface area contributed by atoms with E-state index in [1.54, 1.807) is 24.1 Å². The van der Waals surface area contributed by atoms with Gasteiger partial charge in [0, 0.05) is 32.6 Å². The maximum atomic E-state index is 12.5. The lowest BCUT2D eigenvalue weighted by molar-refractivity contribution is -0.153. The van der Waals surface area contributed by atoms with Crippen LogP contribution in [0.4, 0.5) is 13.2 Å². The van der Waals surface area contributed by atoms with E-state index in [2.05, 4.69) is 0 Å². The van der Waals surface area contributed by atoms with Crippen molar-refractivity contribution in [2.75, 3.05) is 40.1 Å². The maximum absolute atomic E-state index is 12.5. The van der Waals surface area contributed by atoms with Crippen molar-refractivity contribution >= 4 is 15.9 Å². The molecule has 0 radical (unpaired) electrons. The van der Waals surface area contributed by atoms with Crippen LogP contribution in [0.1, 0.15) is 24.8 Å². The van der Waals surface area contributed by atoms with Gasteiger partial charge in [-0.3, -0.25) is 4.79 Å². The second-order valence-electron chi connectivity index (χ2n) is 7.28. The first-order valence-corrected chi connectivity index (χ1v) is 11.3. The van der Waals surface area contributed by atoms with Gasteiger partial charge in [-0.25, -0.2) is 12.7 Å². The van der Waals surface area contributed by atoms with Crippen LogP contribution in [0.15, 0.2) is 18.2 Å². The Morgan fingerprint density at radius 1 is 1.23 bits per heavy atom. The summed E-state index contributed by atoms with van der Waals surface area (Å²) in [5.41, 5.74) is 0.742. The van der Waals surface area contributed by atoms with Crippen LogP contribution in [0.3, 0.4) is 0 Å². The van der Waals surface area contributed by atoms with E-state index >= 15 is 0 Å². The molecule has 1 aliphatic rings. The monoisotopic (exact) mass is 452 g/mol. The van der Waals surface area contributed by atoms with Crippen LogP contribution in [-0.4, -0.2) is 75.9 Å². The molecule has 0 N–H and O–H groups in total. The van der Waals surface area contributed by atoms with Gasteiger partial charge in [-0.05, 0) is 37.0 Å². The molecule has 1 aromatic rings. The second kappa shape index (κ2) is 9.86. The Labute approximate surface area is 174 Å². The summed E-state index contributed by atoms with van der Waals surface area (Å²) in [5, 5.41) is 0. The first-order valence-electron chi connectivity index (χ1n) is 9.48. The fourth-order valence-corrected chi connectivity index (χ4v) is 4.06. The number of carbonyl (C=O) groups is 1. The molecule has 0 atom stereocenters. The summed E-state index contributed by atoms with van der Waals surface area (Å²) < 4.78 is 71.5. The lowest BCUT2D eigenvalue weighted by Gasteiger charge is -2.35. The Morgan fingerprint density at radius 2 is 1.87 bits per heavy atom. The van der Waals surface area contributed by atoms with E-state index in [0.29, 0.717) is 32.4 Å². The third-order valence-electron chi connectivity index (χ3n) is 5.10. The van der Waals surface area contributed by atoms with Crippen molar-refractivity contribution in [1.29, 1.82) is 0 Å². The van der Waals surface area contributed by atoms with E-state index in [1.807, 2.05) is 0 Å². The standard InChI is InChI=1S/C19H27F3N2O5S/c1-23(30(3,26)27)15-8-10-24(11-9-15)18(25)7-5-14-4-6-16(17(12-14)28-2)29-13-19(20,21)22/h4,6,12,15H,5,7-11,13H2,1-3H3. The first kappa shape index (κ1) is 24.3. The molecule has 1 aliphatic heterocycles. The molecule has 1 fully saturated rings. The molecular weight excluding hydrogens is 425 g/mol. The Bertz CT molecular complexity index is 837. The molecule has 0 spiro atoms. The number of aryl methyl sites for hydroxylation is 1. The van der Waals surface area contributed by atoms with Crippen molar-refractivity contribution in [3.8, 4) is 11.5 Å². The fourth-order valence-electron chi connectivity index (χ4n) is 3.31. The highest BCUT2D eigenvalue weighted by atomic mass is 32.2. The zero-order chi connectivity index (χ0) is 22.5. The van der Waals surface area contributed by atoms with E-state index in [1.165, 1.54) is 17.5 Å². The summed E-state index contributed by atoms with van der Waals surface area (Å²) in [5.74, 6) is 0.114. The van der Waals surface area contributed by atoms with Crippen molar-refractivity contribution in [2.24, 2.45) is 0 Å². The number of alkyl halides is 3. The number of amides is 1. The van der Waals surface area contributed by atoms with Crippen molar-refractivity contribution in [3.05, 3.63) is 23.8 Å². The molecular formula is C19H27F3N2O5S. The zero-order valence-corrected chi connectivity index (χ0v) is 18.1. The average molecular weight is 452 g/mol. The molecule has 0 saturated carbocycles. The van der Waals surface area contributed by atoms with Crippen molar-refractivity contribution < 1.29 is 35.9 Å². The lowest BCUT2D eigenvalue weighted by atomic mass is 10.0. The molecule has 0 aliphatic carbocycles. The van der Waals surface area contributed by atoms with Crippen molar-refractivity contribution in [1.82, 2.24) is 9.21 Å². The van der Waals surface area contributed by atoms with Crippen LogP contribution in [0, 0.1) is 0 Å². The number of halogens is 3. The third kappa shape index (κ3) is 7.05. The van der Waals surface area contributed by atoms with Crippen LogP contribution in [0.2, 0.25) is 0 Å². The van der Waals surface area contributed by atoms with Gasteiger partial charge >= 0.3 is 6.18 Å². The van der Waals surface area contributed by atoms with Crippen LogP contribution >= 0.6 is 0 Å². The van der Waals surface area contributed by atoms with Crippen LogP contribution in [-0.2, 0) is 21.2 Å². The summed E-state index contributed by atoms with van der Waals surface area (Å²) in [7, 11) is -0.379. The minimum atomic E-state index is -4.44. The predicted molar refractivity (Wildman–Crippen MR) is 105 cm³/mol. The largest absolute Gasteiger partial charge is 0.493 e. The molecule has 7 nitrogen and oxygen atoms in total. The number of rotatable bonds is 8. The maximum Gasteiger partial charge on any atom is 0.422 e. The van der Waals surface area contributed by atoms with Gasteiger partial charge in [-0.1, -0.05) is 6.07 Å². The fraction of sp³-hybridized carbons (Fsp3) is 0.632. The van der Waals surface area contributed by atoms with Gasteiger partial charge in [0.1, 0.15) is 0 Å². The minimum absolute atomic E-state index is 0.0121. The van der Waals surface area contributed by atoms with E-state index < -0.39 is 22.8 Å². The van der Waals surface area contributed by atoms with Gasteiger partial charge in [-0.2, -0.15) is 13.2 Å². The Kier molecular flexibility index (Phi) is 7.98. The molecule has 0 unspecified atom stereocenters. The topological polar surface area (TPSA) is 76.2 Å². The molecule has 170 valence electrons. The number of carbonyl (C=O) groups excluding carboxylic acids is 1. The smallest absolute Gasteiger partial charge is 0.422 e. The Balaban J connectivity index is 1.87. The summed E-state index contributed by atoms with van der Waals surface area (Å²) in [6, 6.07) is 4.45. The summed E-state index contributed by atoms with van der Waals surface area (Å²) in [4.78, 5) is 14.2. The lowest BCUT2D eigenvalue weighted by Crippen LogP contribution is -2.47. The first-order chi connectivity index (χ1) is 13.9. The van der Waals surface area contributed by atoms with Gasteiger partial charge in [0.15, 0.2) is 18.1 Å². The molecule has 1 heterocycles. The average Bonchev–Trinajstić information content (AvgIpc) is 2.68. The number of sulfonamides is 1. The van der Waals surface area contributed by atoms with Gasteiger partial charge < -0.3 is 14.4 Å². The number of piperidine rings is 1. The number of methoxy groups -OCH3 is 1. The Hall–Kier alpha value is -2.01. The molecule has 1 saturated heterocycles. The van der Waals surface area contributed by atoms with Crippen LogP contribution < -0.4 is 9.47 Å². The number of ether oxygens (including phenoxy) is 2. The SMILES string of the molecule is COc1cc(CCC(=O)N2CCC(N(C)S(C)(=O)=O)CC2)ccc1OCC(F)(F)F. The van der Waals surface area contributed by atoms with Gasteiger partial charge in [0.05, 0.1) is 13.4 Å². The van der Waals surface area contributed by atoms with Crippen LogP contribution in [0.5, 0.6) is 11.5 Å². The predicted octanol–water partition coefficient (Wildman–Crippen LogP) is 2.45. The summed E-state index contributed by atoms with van der Waals surface area (Å²) in [6.45, 7) is -0.445. The van der Waals surface area contributed by atoms with Crippen molar-refractivity contribution in [3.63, 3.8) is 0 Å². The quantitative estimate of drug-likeness (QED) is 0.606. The molecule has 0 aromatic heterocycles. The molecule has 11 heteroatoms. The highest BCUT2D eigenvalue weighted by molar-refractivity contribution is 7.88. The molecule has 2 rings (SSSR count). The van der Waals surface area contributed by atoms with Crippen LogP contribution in [0.25, 0.3) is 0 Å². The van der Waals surface area contributed by atoms with Gasteiger partial charge in [0.2, 0.25) is 15.9 Å². The van der Waals surface area contributed by atoms with E-state index in [9.17, 15) is 26.4 Å². The Morgan fingerprint density at radius 3 is 2.40 bits per heavy atom. The highest BCUT2D eigenvalue weighted by Crippen LogP contribution is 2.30. The zero-order valence-electron chi connectivity index (χ0n) is 17.2. The third-order valence-corrected chi connectivity index (χ3v) is 6.45. The van der Waals surface area contributed by atoms with Crippen molar-refractivity contribution in [2.45, 2.75) is 37.9 Å². The molecule has 1 aromatic carbocycles. The molecule has 0 bridgehead atoms. The number of likely N-dealkylation sites (tertiary alicyclic amines) is 1. The molecule has 30 heavy (non-hydrogen) atoms. The van der Waals surface area contributed by atoms with Gasteiger partial charge in [0.25, 0.3) is 0 Å². The van der Waals surface area contributed by atoms with E-state index in [0.717, 1.165) is 11.8 Å². The van der Waals surface area contributed by atoms with E-state index in [4.69, 9.17) is 9.47 Å². The molecule has 1 amide bonds. The number of benzene rings is 1. The number of hydrogen-bond acceptors (Lipinski definition) is 5.